The average Bonchev–Trinajstić information content (AvgIpc) is 2.77. The first-order valence-corrected chi connectivity index (χ1v) is 12.3. The molecule has 2 N–H and O–H groups in total. The molecule has 0 spiro atoms. The molecule has 166 valence electrons. The maximum Gasteiger partial charge on any atom is 0.181 e. The van der Waals surface area contributed by atoms with Crippen molar-refractivity contribution in [3.63, 3.8) is 0 Å². The van der Waals surface area contributed by atoms with Gasteiger partial charge in [-0.1, -0.05) is 43.0 Å². The van der Waals surface area contributed by atoms with Crippen molar-refractivity contribution in [2.24, 2.45) is 0 Å². The average molecular weight is 442 g/mol. The van der Waals surface area contributed by atoms with Crippen LogP contribution in [0.2, 0.25) is 0 Å². The Balaban J connectivity index is 1.84. The Morgan fingerprint density at radius 2 is 1.77 bits per heavy atom. The van der Waals surface area contributed by atoms with Crippen molar-refractivity contribution in [2.75, 3.05) is 18.0 Å². The normalized spacial score (nSPS) is 16.5. The Hall–Kier alpha value is -2.33. The topological polar surface area (TPSA) is 77.8 Å². The van der Waals surface area contributed by atoms with Gasteiger partial charge in [0.15, 0.2) is 9.84 Å². The number of sulfone groups is 1. The quantitative estimate of drug-likeness (QED) is 0.695. The largest absolute Gasteiger partial charge is 0.386 e. The molecule has 2 aromatic rings. The molecule has 1 aliphatic heterocycles. The summed E-state index contributed by atoms with van der Waals surface area (Å²) < 4.78 is 25.9. The number of hydrogen-bond acceptors (Lipinski definition) is 5. The predicted molar refractivity (Wildman–Crippen MR) is 124 cm³/mol. The highest BCUT2D eigenvalue weighted by Gasteiger charge is 2.32. The molecule has 0 bridgehead atoms. The van der Waals surface area contributed by atoms with Crippen LogP contribution in [0, 0.1) is 11.8 Å². The predicted octanol–water partition coefficient (Wildman–Crippen LogP) is 3.48. The highest BCUT2D eigenvalue weighted by molar-refractivity contribution is 7.92. The lowest BCUT2D eigenvalue weighted by Crippen LogP contribution is -2.39. The van der Waals surface area contributed by atoms with Gasteiger partial charge in [0, 0.05) is 18.7 Å². The molecule has 0 amide bonds. The smallest absolute Gasteiger partial charge is 0.181 e. The molecule has 2 aromatic carbocycles. The second-order valence-corrected chi connectivity index (χ2v) is 10.8. The van der Waals surface area contributed by atoms with E-state index in [1.165, 1.54) is 0 Å². The molecular weight excluding hydrogens is 410 g/mol. The highest BCUT2D eigenvalue weighted by Crippen LogP contribution is 2.31. The Morgan fingerprint density at radius 1 is 1.13 bits per heavy atom. The van der Waals surface area contributed by atoms with Crippen molar-refractivity contribution in [1.82, 2.24) is 0 Å². The molecule has 31 heavy (non-hydrogen) atoms. The molecule has 1 fully saturated rings. The van der Waals surface area contributed by atoms with Gasteiger partial charge in [-0.25, -0.2) is 8.42 Å². The van der Waals surface area contributed by atoms with Crippen molar-refractivity contribution in [1.29, 1.82) is 0 Å². The molecule has 1 saturated heterocycles. The van der Waals surface area contributed by atoms with E-state index in [2.05, 4.69) is 16.7 Å². The third kappa shape index (κ3) is 5.48. The first kappa shape index (κ1) is 23.3. The fraction of sp³-hybridized carbons (Fsp3) is 0.440. The molecule has 6 heteroatoms. The summed E-state index contributed by atoms with van der Waals surface area (Å²) in [4.78, 5) is 2.52. The number of rotatable bonds is 5. The standard InChI is InChI=1S/C25H31NO4S/c1-4-21(27)12-10-19-18-20(25(2,3)28)11-13-24(19)26-16-14-23(15-17-26)31(29,30)22-8-6-5-7-9-22/h5-9,11,13,18,21,23,27-28H,4,14-17H2,1-3H3/t21-/m0/s1. The third-order valence-electron chi connectivity index (χ3n) is 5.76. The first-order valence-electron chi connectivity index (χ1n) is 10.7. The fourth-order valence-electron chi connectivity index (χ4n) is 3.77. The lowest BCUT2D eigenvalue weighted by Gasteiger charge is -2.34. The van der Waals surface area contributed by atoms with Crippen molar-refractivity contribution in [3.05, 3.63) is 59.7 Å². The minimum atomic E-state index is -3.35. The van der Waals surface area contributed by atoms with E-state index < -0.39 is 26.8 Å². The summed E-state index contributed by atoms with van der Waals surface area (Å²) in [5, 5.41) is 19.9. The molecule has 0 radical (unpaired) electrons. The van der Waals surface area contributed by atoms with E-state index in [4.69, 9.17) is 0 Å². The van der Waals surface area contributed by atoms with Gasteiger partial charge < -0.3 is 15.1 Å². The van der Waals surface area contributed by atoms with Crippen LogP contribution in [0.3, 0.4) is 0 Å². The number of aliphatic hydroxyl groups is 2. The van der Waals surface area contributed by atoms with Crippen LogP contribution >= 0.6 is 0 Å². The Kier molecular flexibility index (Phi) is 7.10. The molecule has 1 aliphatic rings. The fourth-order valence-corrected chi connectivity index (χ4v) is 5.52. The van der Waals surface area contributed by atoms with Crippen LogP contribution in [-0.4, -0.2) is 43.1 Å². The molecule has 0 unspecified atom stereocenters. The van der Waals surface area contributed by atoms with Gasteiger partial charge in [-0.3, -0.25) is 0 Å². The van der Waals surface area contributed by atoms with Crippen LogP contribution in [0.5, 0.6) is 0 Å². The summed E-state index contributed by atoms with van der Waals surface area (Å²) in [6.45, 7) is 6.51. The summed E-state index contributed by atoms with van der Waals surface area (Å²) >= 11 is 0. The van der Waals surface area contributed by atoms with Gasteiger partial charge in [0.1, 0.15) is 6.10 Å². The summed E-state index contributed by atoms with van der Waals surface area (Å²) in [5.74, 6) is 5.93. The van der Waals surface area contributed by atoms with Gasteiger partial charge in [-0.05, 0) is 62.9 Å². The van der Waals surface area contributed by atoms with Gasteiger partial charge >= 0.3 is 0 Å². The van der Waals surface area contributed by atoms with E-state index in [1.807, 2.05) is 31.2 Å². The summed E-state index contributed by atoms with van der Waals surface area (Å²) in [5.41, 5.74) is 1.37. The van der Waals surface area contributed by atoms with Crippen LogP contribution < -0.4 is 4.90 Å². The van der Waals surface area contributed by atoms with Crippen molar-refractivity contribution in [3.8, 4) is 11.8 Å². The second kappa shape index (κ2) is 9.44. The zero-order valence-corrected chi connectivity index (χ0v) is 19.2. The summed E-state index contributed by atoms with van der Waals surface area (Å²) in [7, 11) is -3.35. The molecule has 0 saturated carbocycles. The molecule has 5 nitrogen and oxygen atoms in total. The lowest BCUT2D eigenvalue weighted by molar-refractivity contribution is 0.0786. The van der Waals surface area contributed by atoms with Crippen molar-refractivity contribution >= 4 is 15.5 Å². The Bertz CT molecular complexity index is 1050. The number of anilines is 1. The van der Waals surface area contributed by atoms with E-state index in [0.717, 1.165) is 16.8 Å². The van der Waals surface area contributed by atoms with Crippen LogP contribution in [0.1, 0.15) is 51.2 Å². The number of nitrogens with zero attached hydrogens (tertiary/aromatic N) is 1. The zero-order chi connectivity index (χ0) is 22.6. The lowest BCUT2D eigenvalue weighted by atomic mass is 9.95. The molecular formula is C25H31NO4S. The molecule has 1 heterocycles. The Morgan fingerprint density at radius 3 is 2.35 bits per heavy atom. The zero-order valence-electron chi connectivity index (χ0n) is 18.4. The second-order valence-electron chi connectivity index (χ2n) is 8.53. The van der Waals surface area contributed by atoms with Gasteiger partial charge in [-0.15, -0.1) is 0 Å². The van der Waals surface area contributed by atoms with Gasteiger partial charge in [0.2, 0.25) is 0 Å². The SMILES string of the molecule is CC[C@H](O)C#Cc1cc(C(C)(C)O)ccc1N1CCC(S(=O)(=O)c2ccccc2)CC1. The van der Waals surface area contributed by atoms with Crippen LogP contribution in [0.4, 0.5) is 5.69 Å². The van der Waals surface area contributed by atoms with E-state index in [-0.39, 0.29) is 0 Å². The minimum absolute atomic E-state index is 0.378. The van der Waals surface area contributed by atoms with E-state index >= 15 is 0 Å². The maximum atomic E-state index is 13.0. The van der Waals surface area contributed by atoms with Gasteiger partial charge in [0.05, 0.1) is 21.4 Å². The van der Waals surface area contributed by atoms with Crippen LogP contribution in [-0.2, 0) is 15.4 Å². The molecule has 3 rings (SSSR count). The number of aliphatic hydroxyl groups excluding tert-OH is 1. The van der Waals surface area contributed by atoms with E-state index in [0.29, 0.717) is 37.2 Å². The first-order chi connectivity index (χ1) is 14.6. The number of piperidine rings is 1. The monoisotopic (exact) mass is 441 g/mol. The number of hydrogen-bond donors (Lipinski definition) is 2. The van der Waals surface area contributed by atoms with E-state index in [1.54, 1.807) is 38.1 Å². The van der Waals surface area contributed by atoms with E-state index in [9.17, 15) is 18.6 Å². The van der Waals surface area contributed by atoms with Crippen LogP contribution in [0.15, 0.2) is 53.4 Å². The van der Waals surface area contributed by atoms with Crippen molar-refractivity contribution < 1.29 is 18.6 Å². The summed E-state index contributed by atoms with van der Waals surface area (Å²) in [6, 6.07) is 14.3. The minimum Gasteiger partial charge on any atom is -0.386 e. The molecule has 0 aliphatic carbocycles. The maximum absolute atomic E-state index is 13.0. The van der Waals surface area contributed by atoms with Gasteiger partial charge in [0.25, 0.3) is 0 Å². The molecule has 1 atom stereocenters. The highest BCUT2D eigenvalue weighted by atomic mass is 32.2. The number of benzene rings is 2. The third-order valence-corrected chi connectivity index (χ3v) is 8.03. The van der Waals surface area contributed by atoms with Crippen LogP contribution in [0.25, 0.3) is 0 Å². The Labute approximate surface area is 185 Å². The van der Waals surface area contributed by atoms with Crippen molar-refractivity contribution in [2.45, 2.75) is 61.9 Å². The molecule has 0 aromatic heterocycles. The summed E-state index contributed by atoms with van der Waals surface area (Å²) in [6.07, 6.45) is 0.903. The van der Waals surface area contributed by atoms with Gasteiger partial charge in [-0.2, -0.15) is 0 Å².